The van der Waals surface area contributed by atoms with Crippen LogP contribution in [0.5, 0.6) is 0 Å². The van der Waals surface area contributed by atoms with Gasteiger partial charge in [-0.25, -0.2) is 17.2 Å². The highest BCUT2D eigenvalue weighted by molar-refractivity contribution is 7.88. The fraction of sp³-hybridized carbons (Fsp3) is 0.375. The Morgan fingerprint density at radius 1 is 1.38 bits per heavy atom. The van der Waals surface area contributed by atoms with Crippen LogP contribution in [0, 0.1) is 11.6 Å². The molecule has 2 aromatic rings. The summed E-state index contributed by atoms with van der Waals surface area (Å²) in [6, 6.07) is 2.57. The smallest absolute Gasteiger partial charge is 0.243 e. The number of aryl methyl sites for hydroxylation is 1. The summed E-state index contributed by atoms with van der Waals surface area (Å²) in [5.41, 5.74) is 1.23. The Hall–Kier alpha value is -2.33. The van der Waals surface area contributed by atoms with E-state index in [4.69, 9.17) is 0 Å². The molecule has 1 N–H and O–H groups in total. The summed E-state index contributed by atoms with van der Waals surface area (Å²) in [5, 5.41) is 6.60. The van der Waals surface area contributed by atoms with Crippen LogP contribution in [0.15, 0.2) is 24.4 Å². The average Bonchev–Trinajstić information content (AvgIpc) is 2.95. The summed E-state index contributed by atoms with van der Waals surface area (Å²) in [4.78, 5) is 12.7. The van der Waals surface area contributed by atoms with E-state index < -0.39 is 33.6 Å². The highest BCUT2D eigenvalue weighted by Gasteiger charge is 2.39. The Morgan fingerprint density at radius 3 is 2.81 bits per heavy atom. The molecule has 7 nitrogen and oxygen atoms in total. The first-order valence-corrected chi connectivity index (χ1v) is 9.73. The van der Waals surface area contributed by atoms with Gasteiger partial charge >= 0.3 is 0 Å². The van der Waals surface area contributed by atoms with Gasteiger partial charge in [0.1, 0.15) is 6.04 Å². The molecule has 26 heavy (non-hydrogen) atoms. The molecule has 1 amide bonds. The summed E-state index contributed by atoms with van der Waals surface area (Å²) in [6.07, 6.45) is 2.92. The molecular weight excluding hydrogens is 366 g/mol. The van der Waals surface area contributed by atoms with Crippen molar-refractivity contribution in [3.8, 4) is 0 Å². The highest BCUT2D eigenvalue weighted by atomic mass is 32.2. The Morgan fingerprint density at radius 2 is 2.12 bits per heavy atom. The number of aromatic nitrogens is 2. The number of rotatable bonds is 4. The maximum atomic E-state index is 13.8. The fourth-order valence-electron chi connectivity index (χ4n) is 3.11. The fourth-order valence-corrected chi connectivity index (χ4v) is 4.12. The van der Waals surface area contributed by atoms with E-state index >= 15 is 0 Å². The largest absolute Gasteiger partial charge is 0.350 e. The summed E-state index contributed by atoms with van der Waals surface area (Å²) in [5.74, 6) is -2.67. The number of carbonyl (C=O) groups is 1. The minimum absolute atomic E-state index is 0.0218. The Balaban J connectivity index is 1.88. The molecule has 1 aromatic heterocycles. The summed E-state index contributed by atoms with van der Waals surface area (Å²) >= 11 is 0. The molecule has 0 bridgehead atoms. The van der Waals surface area contributed by atoms with E-state index in [9.17, 15) is 22.0 Å². The number of carbonyl (C=O) groups excluding carboxylic acids is 1. The third-order valence-electron chi connectivity index (χ3n) is 4.40. The van der Waals surface area contributed by atoms with Gasteiger partial charge in [-0.1, -0.05) is 12.1 Å². The van der Waals surface area contributed by atoms with Crippen LogP contribution in [0.25, 0.3) is 0 Å². The van der Waals surface area contributed by atoms with Crippen molar-refractivity contribution in [3.05, 3.63) is 52.9 Å². The summed E-state index contributed by atoms with van der Waals surface area (Å²) in [6.45, 7) is -0.121. The zero-order valence-corrected chi connectivity index (χ0v) is 15.1. The van der Waals surface area contributed by atoms with Crippen LogP contribution in [-0.4, -0.2) is 41.2 Å². The highest BCUT2D eigenvalue weighted by Crippen LogP contribution is 2.31. The van der Waals surface area contributed by atoms with Gasteiger partial charge in [0.05, 0.1) is 12.5 Å². The quantitative estimate of drug-likeness (QED) is 0.848. The first-order chi connectivity index (χ1) is 12.2. The van der Waals surface area contributed by atoms with Crippen molar-refractivity contribution < 1.29 is 22.0 Å². The van der Waals surface area contributed by atoms with Crippen molar-refractivity contribution >= 4 is 15.9 Å². The molecule has 10 heteroatoms. The van der Waals surface area contributed by atoms with E-state index in [2.05, 4.69) is 10.4 Å². The summed E-state index contributed by atoms with van der Waals surface area (Å²) in [7, 11) is -1.94. The van der Waals surface area contributed by atoms with Crippen molar-refractivity contribution in [2.24, 2.45) is 7.05 Å². The number of fused-ring (bicyclic) bond motifs is 1. The number of halogens is 2. The molecule has 1 aliphatic rings. The number of benzene rings is 1. The zero-order valence-electron chi connectivity index (χ0n) is 14.2. The number of nitrogens with one attached hydrogen (secondary N) is 1. The van der Waals surface area contributed by atoms with E-state index in [1.165, 1.54) is 18.3 Å². The molecule has 1 unspecified atom stereocenters. The van der Waals surface area contributed by atoms with Crippen LogP contribution in [0.4, 0.5) is 8.78 Å². The molecule has 0 saturated carbocycles. The standard InChI is InChI=1S/C16H18F2N4O3S/c1-21-13-6-7-22(26(2,24)25)15(11(13)9-20-21)16(23)19-8-10-4-3-5-12(17)14(10)18/h3-5,9,15H,6-8H2,1-2H3,(H,19,23). The van der Waals surface area contributed by atoms with Gasteiger partial charge in [-0.15, -0.1) is 0 Å². The van der Waals surface area contributed by atoms with Crippen molar-refractivity contribution in [1.29, 1.82) is 0 Å². The molecule has 0 saturated heterocycles. The summed E-state index contributed by atoms with van der Waals surface area (Å²) < 4.78 is 53.9. The lowest BCUT2D eigenvalue weighted by atomic mass is 10.0. The van der Waals surface area contributed by atoms with Crippen LogP contribution in [0.1, 0.15) is 22.9 Å². The molecule has 2 heterocycles. The molecule has 1 atom stereocenters. The number of sulfonamides is 1. The third kappa shape index (κ3) is 3.34. The second-order valence-electron chi connectivity index (χ2n) is 6.13. The van der Waals surface area contributed by atoms with E-state index in [0.717, 1.165) is 22.3 Å². The van der Waals surface area contributed by atoms with Crippen LogP contribution < -0.4 is 5.32 Å². The molecule has 0 spiro atoms. The van der Waals surface area contributed by atoms with Gasteiger partial charge in [-0.2, -0.15) is 9.40 Å². The number of amides is 1. The van der Waals surface area contributed by atoms with Gasteiger partial charge in [0.25, 0.3) is 0 Å². The lowest BCUT2D eigenvalue weighted by Gasteiger charge is -2.32. The Kier molecular flexibility index (Phi) is 4.80. The van der Waals surface area contributed by atoms with Crippen molar-refractivity contribution in [1.82, 2.24) is 19.4 Å². The predicted octanol–water partition coefficient (Wildman–Crippen LogP) is 0.874. The zero-order chi connectivity index (χ0) is 19.1. The first-order valence-electron chi connectivity index (χ1n) is 7.88. The van der Waals surface area contributed by atoms with Crippen LogP contribution in [-0.2, 0) is 34.8 Å². The maximum Gasteiger partial charge on any atom is 0.243 e. The van der Waals surface area contributed by atoms with Crippen LogP contribution in [0.3, 0.4) is 0 Å². The molecular formula is C16H18F2N4O3S. The van der Waals surface area contributed by atoms with Crippen molar-refractivity contribution in [3.63, 3.8) is 0 Å². The Bertz CT molecular complexity index is 958. The molecule has 0 radical (unpaired) electrons. The second-order valence-corrected chi connectivity index (χ2v) is 8.06. The van der Waals surface area contributed by atoms with Crippen molar-refractivity contribution in [2.45, 2.75) is 19.0 Å². The number of hydrogen-bond donors (Lipinski definition) is 1. The topological polar surface area (TPSA) is 84.3 Å². The van der Waals surface area contributed by atoms with Crippen LogP contribution in [0.2, 0.25) is 0 Å². The van der Waals surface area contributed by atoms with Crippen molar-refractivity contribution in [2.75, 3.05) is 12.8 Å². The number of nitrogens with zero attached hydrogens (tertiary/aromatic N) is 3. The minimum Gasteiger partial charge on any atom is -0.350 e. The lowest BCUT2D eigenvalue weighted by Crippen LogP contribution is -2.46. The van der Waals surface area contributed by atoms with E-state index in [1.807, 2.05) is 0 Å². The normalized spacial score (nSPS) is 17.8. The number of hydrogen-bond acceptors (Lipinski definition) is 4. The Labute approximate surface area is 149 Å². The lowest BCUT2D eigenvalue weighted by molar-refractivity contribution is -0.125. The van der Waals surface area contributed by atoms with Gasteiger partial charge in [-0.3, -0.25) is 9.48 Å². The van der Waals surface area contributed by atoms with E-state index in [1.54, 1.807) is 11.7 Å². The molecule has 1 aromatic carbocycles. The third-order valence-corrected chi connectivity index (χ3v) is 5.65. The molecule has 1 aliphatic heterocycles. The SMILES string of the molecule is Cn1ncc2c1CCN(S(C)(=O)=O)C2C(=O)NCc1cccc(F)c1F. The van der Waals surface area contributed by atoms with Gasteiger partial charge in [0, 0.05) is 43.4 Å². The van der Waals surface area contributed by atoms with E-state index in [0.29, 0.717) is 12.0 Å². The second kappa shape index (κ2) is 6.76. The monoisotopic (exact) mass is 384 g/mol. The molecule has 140 valence electrons. The van der Waals surface area contributed by atoms with Gasteiger partial charge < -0.3 is 5.32 Å². The van der Waals surface area contributed by atoms with E-state index in [-0.39, 0.29) is 18.7 Å². The minimum atomic E-state index is -3.65. The maximum absolute atomic E-state index is 13.8. The van der Waals surface area contributed by atoms with Gasteiger partial charge in [0.15, 0.2) is 11.6 Å². The van der Waals surface area contributed by atoms with Crippen LogP contribution >= 0.6 is 0 Å². The first kappa shape index (κ1) is 18.5. The average molecular weight is 384 g/mol. The molecule has 0 aliphatic carbocycles. The molecule has 0 fully saturated rings. The predicted molar refractivity (Wildman–Crippen MR) is 89.4 cm³/mol. The molecule has 3 rings (SSSR count). The van der Waals surface area contributed by atoms with Gasteiger partial charge in [0.2, 0.25) is 15.9 Å². The van der Waals surface area contributed by atoms with Gasteiger partial charge in [-0.05, 0) is 6.07 Å².